The topological polar surface area (TPSA) is 38.5 Å². The lowest BCUT2D eigenvalue weighted by molar-refractivity contribution is -0.0136. The van der Waals surface area contributed by atoms with Gasteiger partial charge in [0.25, 0.3) is 0 Å². The molecule has 0 radical (unpaired) electrons. The summed E-state index contributed by atoms with van der Waals surface area (Å²) in [6, 6.07) is 6.32. The summed E-state index contributed by atoms with van der Waals surface area (Å²) in [6.45, 7) is 13.4. The molecule has 0 saturated heterocycles. The third-order valence-corrected chi connectivity index (χ3v) is 4.75. The average Bonchev–Trinajstić information content (AvgIpc) is 2.34. The van der Waals surface area contributed by atoms with E-state index in [2.05, 4.69) is 50.9 Å². The number of hydrogen-bond donors (Lipinski definition) is 1. The van der Waals surface area contributed by atoms with E-state index in [-0.39, 0.29) is 11.6 Å². The molecule has 0 spiro atoms. The van der Waals surface area contributed by atoms with Crippen molar-refractivity contribution in [3.05, 3.63) is 29.3 Å². The predicted molar refractivity (Wildman–Crippen MR) is 92.8 cm³/mol. The van der Waals surface area contributed by atoms with E-state index in [9.17, 15) is 0 Å². The molecular formula is C17H30N2OSi. The van der Waals surface area contributed by atoms with Crippen LogP contribution in [-0.4, -0.2) is 26.7 Å². The normalized spacial score (nSPS) is 17.8. The van der Waals surface area contributed by atoms with Crippen molar-refractivity contribution >= 4 is 14.7 Å². The Labute approximate surface area is 131 Å². The molecule has 1 aromatic rings. The zero-order valence-electron chi connectivity index (χ0n) is 14.1. The van der Waals surface area contributed by atoms with Crippen molar-refractivity contribution in [2.45, 2.75) is 59.5 Å². The van der Waals surface area contributed by atoms with E-state index in [4.69, 9.17) is 10.2 Å². The maximum absolute atomic E-state index is 6.34. The first-order valence-electron chi connectivity index (χ1n) is 8.01. The fraction of sp³-hybridized carbons (Fsp3) is 0.647. The molecule has 0 amide bonds. The molecule has 1 aliphatic heterocycles. The van der Waals surface area contributed by atoms with Crippen LogP contribution >= 0.6 is 0 Å². The summed E-state index contributed by atoms with van der Waals surface area (Å²) in [7, 11) is -1.05. The zero-order chi connectivity index (χ0) is 15.6. The lowest BCUT2D eigenvalue weighted by atomic mass is 9.90. The summed E-state index contributed by atoms with van der Waals surface area (Å²) in [6.07, 6.45) is 2.42. The Morgan fingerprint density at radius 3 is 2.62 bits per heavy atom. The van der Waals surface area contributed by atoms with E-state index >= 15 is 0 Å². The lowest BCUT2D eigenvalue weighted by Crippen LogP contribution is -2.44. The molecule has 1 aliphatic rings. The Kier molecular flexibility index (Phi) is 5.12. The third kappa shape index (κ3) is 4.83. The molecule has 0 fully saturated rings. The van der Waals surface area contributed by atoms with Gasteiger partial charge < -0.3 is 10.2 Å². The van der Waals surface area contributed by atoms with E-state index in [0.29, 0.717) is 0 Å². The lowest BCUT2D eigenvalue weighted by Gasteiger charge is -2.39. The van der Waals surface area contributed by atoms with Crippen molar-refractivity contribution in [2.75, 3.05) is 12.3 Å². The van der Waals surface area contributed by atoms with Gasteiger partial charge in [-0.1, -0.05) is 26.8 Å². The maximum Gasteiger partial charge on any atom is 0.173 e. The third-order valence-electron chi connectivity index (χ3n) is 3.90. The average molecular weight is 307 g/mol. The summed E-state index contributed by atoms with van der Waals surface area (Å²) in [5.74, 6) is 0. The highest BCUT2D eigenvalue weighted by Gasteiger charge is 2.28. The van der Waals surface area contributed by atoms with Gasteiger partial charge in [-0.2, -0.15) is 0 Å². The molecule has 1 atom stereocenters. The van der Waals surface area contributed by atoms with Gasteiger partial charge in [0.2, 0.25) is 0 Å². The van der Waals surface area contributed by atoms with Gasteiger partial charge in [-0.15, -0.1) is 0 Å². The van der Waals surface area contributed by atoms with E-state index in [1.165, 1.54) is 11.1 Å². The van der Waals surface area contributed by atoms with Crippen LogP contribution < -0.4 is 5.73 Å². The van der Waals surface area contributed by atoms with Gasteiger partial charge in [-0.3, -0.25) is 4.90 Å². The number of fused-ring (bicyclic) bond motifs is 1. The Bertz CT molecular complexity index is 482. The highest BCUT2D eigenvalue weighted by atomic mass is 28.3. The Morgan fingerprint density at radius 1 is 1.29 bits per heavy atom. The van der Waals surface area contributed by atoms with Crippen LogP contribution in [0.25, 0.3) is 0 Å². The maximum atomic E-state index is 6.34. The minimum absolute atomic E-state index is 0.242. The first kappa shape index (κ1) is 16.5. The Morgan fingerprint density at radius 2 is 2.00 bits per heavy atom. The second-order valence-corrected chi connectivity index (χ2v) is 10.0. The monoisotopic (exact) mass is 306 g/mol. The summed E-state index contributed by atoms with van der Waals surface area (Å²) in [4.78, 5) is 2.50. The zero-order valence-corrected chi connectivity index (χ0v) is 15.3. The SMILES string of the molecule is C[SiH](C)OC(CC(C)(C)C)N1CCc2ccc(N)cc2C1. The molecule has 3 nitrogen and oxygen atoms in total. The number of hydrogen-bond acceptors (Lipinski definition) is 3. The smallest absolute Gasteiger partial charge is 0.173 e. The van der Waals surface area contributed by atoms with E-state index in [1.807, 2.05) is 6.07 Å². The number of nitrogen functional groups attached to an aromatic ring is 1. The molecule has 1 heterocycles. The molecule has 1 aromatic carbocycles. The van der Waals surface area contributed by atoms with Crippen LogP contribution in [0.1, 0.15) is 38.3 Å². The molecule has 2 rings (SSSR count). The number of benzene rings is 1. The van der Waals surface area contributed by atoms with Crippen molar-refractivity contribution in [2.24, 2.45) is 5.41 Å². The van der Waals surface area contributed by atoms with Crippen molar-refractivity contribution in [3.63, 3.8) is 0 Å². The fourth-order valence-electron chi connectivity index (χ4n) is 2.95. The van der Waals surface area contributed by atoms with Crippen LogP contribution in [0.4, 0.5) is 5.69 Å². The van der Waals surface area contributed by atoms with Crippen LogP contribution in [0.5, 0.6) is 0 Å². The van der Waals surface area contributed by atoms with Crippen molar-refractivity contribution in [1.82, 2.24) is 4.90 Å². The van der Waals surface area contributed by atoms with Crippen LogP contribution in [0.3, 0.4) is 0 Å². The molecule has 21 heavy (non-hydrogen) atoms. The van der Waals surface area contributed by atoms with Gasteiger partial charge in [-0.05, 0) is 54.6 Å². The molecule has 0 bridgehead atoms. The molecule has 0 aromatic heterocycles. The minimum atomic E-state index is -1.05. The minimum Gasteiger partial charge on any atom is -0.405 e. The second kappa shape index (κ2) is 6.51. The van der Waals surface area contributed by atoms with Gasteiger partial charge in [-0.25, -0.2) is 0 Å². The van der Waals surface area contributed by atoms with Gasteiger partial charge in [0, 0.05) is 18.8 Å². The van der Waals surface area contributed by atoms with Gasteiger partial charge >= 0.3 is 0 Å². The van der Waals surface area contributed by atoms with Crippen molar-refractivity contribution in [1.29, 1.82) is 0 Å². The predicted octanol–water partition coefficient (Wildman–Crippen LogP) is 3.39. The molecule has 0 aliphatic carbocycles. The summed E-state index contributed by atoms with van der Waals surface area (Å²) in [5, 5.41) is 0. The molecule has 4 heteroatoms. The standard InChI is InChI=1S/C17H30N2OSi/c1-17(2,3)11-16(20-21(4)5)19-9-8-13-6-7-15(18)10-14(13)12-19/h6-7,10,16,21H,8-9,11-12,18H2,1-5H3. The van der Waals surface area contributed by atoms with Crippen LogP contribution in [0, 0.1) is 5.41 Å². The highest BCUT2D eigenvalue weighted by molar-refractivity contribution is 6.48. The van der Waals surface area contributed by atoms with E-state index < -0.39 is 9.04 Å². The van der Waals surface area contributed by atoms with E-state index in [1.54, 1.807) is 0 Å². The van der Waals surface area contributed by atoms with Gasteiger partial charge in [0.1, 0.15) is 0 Å². The Balaban J connectivity index is 2.14. The van der Waals surface area contributed by atoms with Crippen molar-refractivity contribution < 1.29 is 4.43 Å². The van der Waals surface area contributed by atoms with Gasteiger partial charge in [0.15, 0.2) is 9.04 Å². The molecule has 2 N–H and O–H groups in total. The summed E-state index contributed by atoms with van der Waals surface area (Å²) < 4.78 is 6.34. The van der Waals surface area contributed by atoms with Crippen LogP contribution in [0.15, 0.2) is 18.2 Å². The first-order chi connectivity index (χ1) is 9.74. The number of nitrogens with two attached hydrogens (primary N) is 1. The molecule has 118 valence electrons. The molecule has 0 saturated carbocycles. The summed E-state index contributed by atoms with van der Waals surface area (Å²) >= 11 is 0. The van der Waals surface area contributed by atoms with Gasteiger partial charge in [0.05, 0.1) is 6.23 Å². The van der Waals surface area contributed by atoms with Crippen LogP contribution in [-0.2, 0) is 17.4 Å². The second-order valence-electron chi connectivity index (χ2n) is 7.65. The highest BCUT2D eigenvalue weighted by Crippen LogP contribution is 2.29. The molecular weight excluding hydrogens is 276 g/mol. The van der Waals surface area contributed by atoms with Crippen LogP contribution in [0.2, 0.25) is 13.1 Å². The summed E-state index contributed by atoms with van der Waals surface area (Å²) in [5.41, 5.74) is 9.90. The largest absolute Gasteiger partial charge is 0.405 e. The quantitative estimate of drug-likeness (QED) is 0.684. The number of rotatable bonds is 4. The Hall–Kier alpha value is -0.843. The first-order valence-corrected chi connectivity index (χ1v) is 10.8. The molecule has 1 unspecified atom stereocenters. The van der Waals surface area contributed by atoms with Crippen molar-refractivity contribution in [3.8, 4) is 0 Å². The number of anilines is 1. The fourth-order valence-corrected chi connectivity index (χ4v) is 3.84. The van der Waals surface area contributed by atoms with E-state index in [0.717, 1.165) is 31.6 Å². The number of nitrogens with zero attached hydrogens (tertiary/aromatic N) is 1.